The van der Waals surface area contributed by atoms with E-state index in [4.69, 9.17) is 0 Å². The van der Waals surface area contributed by atoms with Crippen LogP contribution in [-0.2, 0) is 4.79 Å². The van der Waals surface area contributed by atoms with E-state index in [0.29, 0.717) is 5.82 Å². The Morgan fingerprint density at radius 2 is 2.11 bits per heavy atom. The van der Waals surface area contributed by atoms with Gasteiger partial charge in [-0.15, -0.1) is 0 Å². The SMILES string of the molecule is O=C1NCCCC1Nc1cnc2ccccc2n1. The van der Waals surface area contributed by atoms with Crippen LogP contribution in [0.3, 0.4) is 0 Å². The molecule has 92 valence electrons. The van der Waals surface area contributed by atoms with E-state index in [-0.39, 0.29) is 11.9 Å². The van der Waals surface area contributed by atoms with E-state index < -0.39 is 0 Å². The molecule has 1 aliphatic rings. The fourth-order valence-corrected chi connectivity index (χ4v) is 2.12. The molecule has 5 nitrogen and oxygen atoms in total. The standard InChI is InChI=1S/C13H14N4O/c18-13-11(6-3-7-14-13)17-12-8-15-9-4-1-2-5-10(9)16-12/h1-2,4-5,8,11H,3,6-7H2,(H,14,18)(H,16,17). The Labute approximate surface area is 105 Å². The van der Waals surface area contributed by atoms with Crippen molar-refractivity contribution in [3.63, 3.8) is 0 Å². The van der Waals surface area contributed by atoms with Crippen LogP contribution in [0.15, 0.2) is 30.5 Å². The monoisotopic (exact) mass is 242 g/mol. The van der Waals surface area contributed by atoms with Crippen LogP contribution in [-0.4, -0.2) is 28.5 Å². The normalized spacial score (nSPS) is 19.6. The number of carbonyl (C=O) groups excluding carboxylic acids is 1. The summed E-state index contributed by atoms with van der Waals surface area (Å²) in [5.74, 6) is 0.687. The zero-order valence-corrected chi connectivity index (χ0v) is 9.89. The van der Waals surface area contributed by atoms with E-state index in [1.165, 1.54) is 0 Å². The molecule has 5 heteroatoms. The van der Waals surface area contributed by atoms with Crippen LogP contribution in [0.1, 0.15) is 12.8 Å². The lowest BCUT2D eigenvalue weighted by molar-refractivity contribution is -0.123. The van der Waals surface area contributed by atoms with Crippen molar-refractivity contribution in [2.75, 3.05) is 11.9 Å². The number of nitrogens with zero attached hydrogens (tertiary/aromatic N) is 2. The van der Waals surface area contributed by atoms with Crippen molar-refractivity contribution in [1.29, 1.82) is 0 Å². The van der Waals surface area contributed by atoms with E-state index >= 15 is 0 Å². The fraction of sp³-hybridized carbons (Fsp3) is 0.308. The first-order valence-corrected chi connectivity index (χ1v) is 6.09. The Kier molecular flexibility index (Phi) is 2.80. The molecule has 1 aliphatic heterocycles. The van der Waals surface area contributed by atoms with Crippen molar-refractivity contribution >= 4 is 22.8 Å². The van der Waals surface area contributed by atoms with Gasteiger partial charge in [0.05, 0.1) is 17.2 Å². The van der Waals surface area contributed by atoms with E-state index in [9.17, 15) is 4.79 Å². The number of anilines is 1. The summed E-state index contributed by atoms with van der Waals surface area (Å²) in [4.78, 5) is 20.4. The van der Waals surface area contributed by atoms with Gasteiger partial charge in [-0.25, -0.2) is 4.98 Å². The summed E-state index contributed by atoms with van der Waals surface area (Å²) >= 11 is 0. The summed E-state index contributed by atoms with van der Waals surface area (Å²) in [5, 5.41) is 5.98. The van der Waals surface area contributed by atoms with Gasteiger partial charge < -0.3 is 10.6 Å². The molecule has 2 aromatic rings. The molecule has 0 aliphatic carbocycles. The van der Waals surface area contributed by atoms with E-state index in [0.717, 1.165) is 30.4 Å². The number of rotatable bonds is 2. The number of fused-ring (bicyclic) bond motifs is 1. The van der Waals surface area contributed by atoms with Crippen molar-refractivity contribution in [1.82, 2.24) is 15.3 Å². The van der Waals surface area contributed by atoms with Crippen molar-refractivity contribution in [2.45, 2.75) is 18.9 Å². The molecule has 0 bridgehead atoms. The first-order chi connectivity index (χ1) is 8.83. The lowest BCUT2D eigenvalue weighted by atomic mass is 10.1. The number of carbonyl (C=O) groups is 1. The van der Waals surface area contributed by atoms with Gasteiger partial charge in [0.1, 0.15) is 11.9 Å². The van der Waals surface area contributed by atoms with Crippen LogP contribution in [0.25, 0.3) is 11.0 Å². The summed E-state index contributed by atoms with van der Waals surface area (Å²) in [6.45, 7) is 0.764. The molecule has 1 aromatic heterocycles. The number of benzene rings is 1. The molecular formula is C13H14N4O. The molecular weight excluding hydrogens is 228 g/mol. The Morgan fingerprint density at radius 3 is 2.94 bits per heavy atom. The molecule has 18 heavy (non-hydrogen) atoms. The highest BCUT2D eigenvalue weighted by Gasteiger charge is 2.21. The largest absolute Gasteiger partial charge is 0.357 e. The van der Waals surface area contributed by atoms with Crippen LogP contribution in [0.4, 0.5) is 5.82 Å². The van der Waals surface area contributed by atoms with Crippen LogP contribution in [0, 0.1) is 0 Å². The number of aromatic nitrogens is 2. The smallest absolute Gasteiger partial charge is 0.242 e. The van der Waals surface area contributed by atoms with Crippen LogP contribution in [0.2, 0.25) is 0 Å². The van der Waals surface area contributed by atoms with Crippen LogP contribution >= 0.6 is 0 Å². The van der Waals surface area contributed by atoms with Gasteiger partial charge in [0.15, 0.2) is 0 Å². The third kappa shape index (κ3) is 2.11. The maximum atomic E-state index is 11.6. The predicted octanol–water partition coefficient (Wildman–Crippen LogP) is 1.32. The highest BCUT2D eigenvalue weighted by molar-refractivity contribution is 5.85. The number of amides is 1. The second-order valence-corrected chi connectivity index (χ2v) is 4.37. The van der Waals surface area contributed by atoms with Gasteiger partial charge in [-0.3, -0.25) is 9.78 Å². The summed E-state index contributed by atoms with van der Waals surface area (Å²) in [5.41, 5.74) is 1.69. The van der Waals surface area contributed by atoms with Gasteiger partial charge in [0.25, 0.3) is 0 Å². The maximum Gasteiger partial charge on any atom is 0.242 e. The third-order valence-electron chi connectivity index (χ3n) is 3.06. The van der Waals surface area contributed by atoms with E-state index in [1.807, 2.05) is 24.3 Å². The number of nitrogens with one attached hydrogen (secondary N) is 2. The fourth-order valence-electron chi connectivity index (χ4n) is 2.12. The van der Waals surface area contributed by atoms with E-state index in [2.05, 4.69) is 20.6 Å². The minimum atomic E-state index is -0.200. The predicted molar refractivity (Wildman–Crippen MR) is 69.2 cm³/mol. The molecule has 1 unspecified atom stereocenters. The summed E-state index contributed by atoms with van der Waals surface area (Å²) in [6, 6.07) is 7.48. The average molecular weight is 242 g/mol. The lowest BCUT2D eigenvalue weighted by Crippen LogP contribution is -2.44. The van der Waals surface area contributed by atoms with Gasteiger partial charge >= 0.3 is 0 Å². The van der Waals surface area contributed by atoms with Gasteiger partial charge in [-0.05, 0) is 25.0 Å². The molecule has 0 radical (unpaired) electrons. The molecule has 2 heterocycles. The van der Waals surface area contributed by atoms with E-state index in [1.54, 1.807) is 6.20 Å². The van der Waals surface area contributed by atoms with Gasteiger partial charge in [0, 0.05) is 6.54 Å². The minimum absolute atomic E-state index is 0.0382. The molecule has 0 saturated carbocycles. The second-order valence-electron chi connectivity index (χ2n) is 4.37. The summed E-state index contributed by atoms with van der Waals surface area (Å²) < 4.78 is 0. The number of para-hydroxylation sites is 2. The van der Waals surface area contributed by atoms with Gasteiger partial charge in [-0.2, -0.15) is 0 Å². The van der Waals surface area contributed by atoms with Gasteiger partial charge in [-0.1, -0.05) is 12.1 Å². The zero-order valence-electron chi connectivity index (χ0n) is 9.89. The Morgan fingerprint density at radius 1 is 1.28 bits per heavy atom. The quantitative estimate of drug-likeness (QED) is 0.833. The maximum absolute atomic E-state index is 11.6. The highest BCUT2D eigenvalue weighted by atomic mass is 16.2. The highest BCUT2D eigenvalue weighted by Crippen LogP contribution is 2.14. The van der Waals surface area contributed by atoms with Gasteiger partial charge in [0.2, 0.25) is 5.91 Å². The second kappa shape index (κ2) is 4.60. The third-order valence-corrected chi connectivity index (χ3v) is 3.06. The molecule has 3 rings (SSSR count). The van der Waals surface area contributed by atoms with Crippen molar-refractivity contribution < 1.29 is 4.79 Å². The summed E-state index contributed by atoms with van der Waals surface area (Å²) in [6.07, 6.45) is 3.50. The Hall–Kier alpha value is -2.17. The Balaban J connectivity index is 1.83. The molecule has 1 atom stereocenters. The van der Waals surface area contributed by atoms with Crippen molar-refractivity contribution in [3.8, 4) is 0 Å². The lowest BCUT2D eigenvalue weighted by Gasteiger charge is -2.23. The summed E-state index contributed by atoms with van der Waals surface area (Å²) in [7, 11) is 0. The zero-order chi connectivity index (χ0) is 12.4. The minimum Gasteiger partial charge on any atom is -0.357 e. The molecule has 1 aromatic carbocycles. The number of hydrogen-bond donors (Lipinski definition) is 2. The van der Waals surface area contributed by atoms with Crippen LogP contribution in [0.5, 0.6) is 0 Å². The average Bonchev–Trinajstić information content (AvgIpc) is 2.41. The first kappa shape index (κ1) is 11.0. The Bertz CT molecular complexity index is 584. The molecule has 0 spiro atoms. The van der Waals surface area contributed by atoms with Crippen molar-refractivity contribution in [3.05, 3.63) is 30.5 Å². The number of piperidine rings is 1. The molecule has 2 N–H and O–H groups in total. The first-order valence-electron chi connectivity index (χ1n) is 6.09. The van der Waals surface area contributed by atoms with Crippen molar-refractivity contribution in [2.24, 2.45) is 0 Å². The number of hydrogen-bond acceptors (Lipinski definition) is 4. The topological polar surface area (TPSA) is 66.9 Å². The van der Waals surface area contributed by atoms with Crippen LogP contribution < -0.4 is 10.6 Å². The molecule has 1 fully saturated rings. The molecule has 1 amide bonds. The molecule has 1 saturated heterocycles.